The van der Waals surface area contributed by atoms with Crippen LogP contribution in [0.5, 0.6) is 5.75 Å². The molecule has 0 fully saturated rings. The van der Waals surface area contributed by atoms with Gasteiger partial charge in [0.25, 0.3) is 11.5 Å². The Morgan fingerprint density at radius 3 is 2.77 bits per heavy atom. The van der Waals surface area contributed by atoms with Gasteiger partial charge < -0.3 is 10.5 Å². The molecule has 0 aliphatic rings. The molecular formula is C23H19BrN4O3. The van der Waals surface area contributed by atoms with E-state index in [1.165, 1.54) is 4.68 Å². The second-order valence-corrected chi connectivity index (χ2v) is 7.77. The van der Waals surface area contributed by atoms with Crippen LogP contribution in [0.15, 0.2) is 69.0 Å². The van der Waals surface area contributed by atoms with Gasteiger partial charge in [-0.15, -0.1) is 0 Å². The summed E-state index contributed by atoms with van der Waals surface area (Å²) in [5, 5.41) is 6.78. The number of ether oxygens (including phenoxy) is 1. The summed E-state index contributed by atoms with van der Waals surface area (Å²) in [5.74, 6) is 0.407. The lowest BCUT2D eigenvalue weighted by Gasteiger charge is -2.11. The maximum absolute atomic E-state index is 13.1. The number of primary amides is 1. The predicted octanol–water partition coefficient (Wildman–Crippen LogP) is 3.62. The molecule has 1 aromatic heterocycles. The van der Waals surface area contributed by atoms with Crippen LogP contribution < -0.4 is 16.0 Å². The number of aryl methyl sites for hydroxylation is 1. The molecule has 0 saturated carbocycles. The van der Waals surface area contributed by atoms with Crippen LogP contribution in [-0.2, 0) is 11.2 Å². The molecule has 0 atom stereocenters. The quantitative estimate of drug-likeness (QED) is 0.427. The molecule has 1 amide bonds. The fraction of sp³-hybridized carbons (Fsp3) is 0.130. The Balaban J connectivity index is 1.89. The zero-order valence-corrected chi connectivity index (χ0v) is 18.3. The van der Waals surface area contributed by atoms with Crippen molar-refractivity contribution in [2.45, 2.75) is 13.3 Å². The number of halogens is 1. The van der Waals surface area contributed by atoms with E-state index < -0.39 is 5.91 Å². The molecule has 2 N–H and O–H groups in total. The summed E-state index contributed by atoms with van der Waals surface area (Å²) in [4.78, 5) is 28.9. The second kappa shape index (κ2) is 8.69. The minimum Gasteiger partial charge on any atom is -0.483 e. The van der Waals surface area contributed by atoms with E-state index in [0.29, 0.717) is 34.5 Å². The van der Waals surface area contributed by atoms with Crippen LogP contribution in [0.1, 0.15) is 18.3 Å². The van der Waals surface area contributed by atoms with Gasteiger partial charge in [-0.2, -0.15) is 9.78 Å². The normalized spacial score (nSPS) is 11.4. The molecule has 1 heterocycles. The lowest BCUT2D eigenvalue weighted by molar-refractivity contribution is -0.119. The van der Waals surface area contributed by atoms with Gasteiger partial charge in [0.05, 0.1) is 17.1 Å². The summed E-state index contributed by atoms with van der Waals surface area (Å²) < 4.78 is 7.68. The zero-order chi connectivity index (χ0) is 22.0. The van der Waals surface area contributed by atoms with E-state index in [1.807, 2.05) is 43.3 Å². The van der Waals surface area contributed by atoms with Crippen LogP contribution in [0, 0.1) is 0 Å². The second-order valence-electron chi connectivity index (χ2n) is 6.86. The van der Waals surface area contributed by atoms with Gasteiger partial charge in [-0.05, 0) is 35.0 Å². The molecule has 4 rings (SSSR count). The number of carbonyl (C=O) groups excluding carboxylic acids is 1. The van der Waals surface area contributed by atoms with Gasteiger partial charge in [-0.3, -0.25) is 9.59 Å². The largest absolute Gasteiger partial charge is 0.483 e. The van der Waals surface area contributed by atoms with E-state index in [0.717, 1.165) is 15.2 Å². The Labute approximate surface area is 186 Å². The number of hydrogen-bond donors (Lipinski definition) is 1. The SMILES string of the molecule is CCc1nc2ccc(Br)cc2c(=O)n1N=Cc1c(OCC(N)=O)ccc2ccccc12. The van der Waals surface area contributed by atoms with E-state index >= 15 is 0 Å². The van der Waals surface area contributed by atoms with Gasteiger partial charge in [0, 0.05) is 16.5 Å². The van der Waals surface area contributed by atoms with E-state index in [9.17, 15) is 9.59 Å². The maximum atomic E-state index is 13.1. The highest BCUT2D eigenvalue weighted by atomic mass is 79.9. The molecule has 4 aromatic rings. The van der Waals surface area contributed by atoms with Crippen molar-refractivity contribution in [3.63, 3.8) is 0 Å². The van der Waals surface area contributed by atoms with E-state index in [-0.39, 0.29) is 12.2 Å². The van der Waals surface area contributed by atoms with Gasteiger partial charge in [-0.1, -0.05) is 53.2 Å². The Kier molecular flexibility index (Phi) is 5.81. The molecule has 0 saturated heterocycles. The van der Waals surface area contributed by atoms with Crippen molar-refractivity contribution in [3.8, 4) is 5.75 Å². The number of amides is 1. The highest BCUT2D eigenvalue weighted by molar-refractivity contribution is 9.10. The van der Waals surface area contributed by atoms with Gasteiger partial charge in [0.15, 0.2) is 6.61 Å². The maximum Gasteiger partial charge on any atom is 0.282 e. The van der Waals surface area contributed by atoms with E-state index in [4.69, 9.17) is 10.5 Å². The molecule has 0 aliphatic carbocycles. The lowest BCUT2D eigenvalue weighted by atomic mass is 10.0. The topological polar surface area (TPSA) is 99.6 Å². The summed E-state index contributed by atoms with van der Waals surface area (Å²) in [6.07, 6.45) is 2.09. The molecule has 31 heavy (non-hydrogen) atoms. The third-order valence-electron chi connectivity index (χ3n) is 4.79. The summed E-state index contributed by atoms with van der Waals surface area (Å²) >= 11 is 3.40. The monoisotopic (exact) mass is 478 g/mol. The number of nitrogens with two attached hydrogens (primary N) is 1. The first kappa shape index (κ1) is 20.7. The highest BCUT2D eigenvalue weighted by Crippen LogP contribution is 2.27. The number of fused-ring (bicyclic) bond motifs is 2. The van der Waals surface area contributed by atoms with Crippen molar-refractivity contribution in [1.82, 2.24) is 9.66 Å². The summed E-state index contributed by atoms with van der Waals surface area (Å²) in [7, 11) is 0. The number of carbonyl (C=O) groups is 1. The average molecular weight is 479 g/mol. The number of benzene rings is 3. The average Bonchev–Trinajstić information content (AvgIpc) is 2.77. The summed E-state index contributed by atoms with van der Waals surface area (Å²) in [6.45, 7) is 1.66. The van der Waals surface area contributed by atoms with Crippen LogP contribution in [0.2, 0.25) is 0 Å². The lowest BCUT2D eigenvalue weighted by Crippen LogP contribution is -2.22. The van der Waals surface area contributed by atoms with Crippen molar-refractivity contribution in [1.29, 1.82) is 0 Å². The molecule has 3 aromatic carbocycles. The van der Waals surface area contributed by atoms with Gasteiger partial charge in [-0.25, -0.2) is 4.98 Å². The Bertz CT molecular complexity index is 1400. The van der Waals surface area contributed by atoms with Crippen molar-refractivity contribution < 1.29 is 9.53 Å². The predicted molar refractivity (Wildman–Crippen MR) is 125 cm³/mol. The molecule has 0 bridgehead atoms. The fourth-order valence-electron chi connectivity index (χ4n) is 3.34. The Hall–Kier alpha value is -3.52. The van der Waals surface area contributed by atoms with Crippen molar-refractivity contribution in [3.05, 3.63) is 80.8 Å². The number of nitrogens with zero attached hydrogens (tertiary/aromatic N) is 3. The molecule has 7 nitrogen and oxygen atoms in total. The summed E-state index contributed by atoms with van der Waals surface area (Å²) in [6, 6.07) is 16.7. The third kappa shape index (κ3) is 4.20. The van der Waals surface area contributed by atoms with E-state index in [1.54, 1.807) is 24.4 Å². The highest BCUT2D eigenvalue weighted by Gasteiger charge is 2.12. The Morgan fingerprint density at radius 1 is 1.19 bits per heavy atom. The molecule has 8 heteroatoms. The first-order valence-electron chi connectivity index (χ1n) is 9.66. The first-order valence-corrected chi connectivity index (χ1v) is 10.5. The first-order chi connectivity index (χ1) is 15.0. The Morgan fingerprint density at radius 2 is 2.00 bits per heavy atom. The van der Waals surface area contributed by atoms with Gasteiger partial charge in [0.1, 0.15) is 11.6 Å². The molecule has 0 spiro atoms. The van der Waals surface area contributed by atoms with Crippen molar-refractivity contribution in [2.24, 2.45) is 10.8 Å². The van der Waals surface area contributed by atoms with Crippen LogP contribution in [-0.4, -0.2) is 28.4 Å². The van der Waals surface area contributed by atoms with Crippen LogP contribution in [0.4, 0.5) is 0 Å². The standard InChI is InChI=1S/C23H19BrN4O3/c1-2-22-27-19-9-8-15(24)11-17(19)23(30)28(22)26-12-18-16-6-4-3-5-14(16)7-10-20(18)31-13-21(25)29/h3-12H,2,13H2,1H3,(H2,25,29). The number of rotatable bonds is 6. The summed E-state index contributed by atoms with van der Waals surface area (Å²) in [5.41, 5.74) is 6.23. The van der Waals surface area contributed by atoms with Gasteiger partial charge >= 0.3 is 0 Å². The van der Waals surface area contributed by atoms with Crippen LogP contribution in [0.3, 0.4) is 0 Å². The zero-order valence-electron chi connectivity index (χ0n) is 16.7. The number of hydrogen-bond acceptors (Lipinski definition) is 5. The molecule has 0 radical (unpaired) electrons. The molecule has 0 aliphatic heterocycles. The van der Waals surface area contributed by atoms with Crippen molar-refractivity contribution in [2.75, 3.05) is 6.61 Å². The minimum atomic E-state index is -0.579. The van der Waals surface area contributed by atoms with Crippen LogP contribution in [0.25, 0.3) is 21.7 Å². The molecule has 156 valence electrons. The van der Waals surface area contributed by atoms with E-state index in [2.05, 4.69) is 26.0 Å². The van der Waals surface area contributed by atoms with Crippen LogP contribution >= 0.6 is 15.9 Å². The fourth-order valence-corrected chi connectivity index (χ4v) is 3.70. The van der Waals surface area contributed by atoms with Gasteiger partial charge in [0.2, 0.25) is 0 Å². The molecule has 0 unspecified atom stereocenters. The number of aromatic nitrogens is 2. The van der Waals surface area contributed by atoms with Crippen molar-refractivity contribution >= 4 is 49.7 Å². The minimum absolute atomic E-state index is 0.259. The molecular weight excluding hydrogens is 460 g/mol. The smallest absolute Gasteiger partial charge is 0.282 e. The third-order valence-corrected chi connectivity index (χ3v) is 5.29.